The van der Waals surface area contributed by atoms with Gasteiger partial charge in [-0.2, -0.15) is 5.26 Å². The number of benzene rings is 1. The summed E-state index contributed by atoms with van der Waals surface area (Å²) in [5, 5.41) is 20.5. The molecule has 0 saturated heterocycles. The van der Waals surface area contributed by atoms with Gasteiger partial charge in [0.15, 0.2) is 5.75 Å². The number of nitro groups is 1. The summed E-state index contributed by atoms with van der Waals surface area (Å²) in [5.74, 6) is 0.279. The quantitative estimate of drug-likeness (QED) is 0.476. The highest BCUT2D eigenvalue weighted by atomic mass is 16.6. The highest BCUT2D eigenvalue weighted by Gasteiger charge is 2.12. The first-order chi connectivity index (χ1) is 7.67. The monoisotopic (exact) mass is 223 g/mol. The summed E-state index contributed by atoms with van der Waals surface area (Å²) in [7, 11) is 1.70. The molecule has 0 aromatic heterocycles. The van der Waals surface area contributed by atoms with E-state index in [9.17, 15) is 10.1 Å². The molecule has 0 amide bonds. The standard InChI is InChI=1S/C8H10N2O3.C2H3N/c1-9-6-13-8-5-3-2-4-7(8)10(11)12;1-2-3/h2-5,9H,6H2,1H3;1H3. The molecule has 0 spiro atoms. The second-order valence-electron chi connectivity index (χ2n) is 2.59. The molecule has 0 atom stereocenters. The first-order valence-corrected chi connectivity index (χ1v) is 4.49. The Labute approximate surface area is 93.6 Å². The lowest BCUT2D eigenvalue weighted by Crippen LogP contribution is -2.14. The van der Waals surface area contributed by atoms with E-state index in [0.29, 0.717) is 0 Å². The van der Waals surface area contributed by atoms with Crippen molar-refractivity contribution >= 4 is 5.69 Å². The van der Waals surface area contributed by atoms with Gasteiger partial charge in [-0.05, 0) is 13.1 Å². The van der Waals surface area contributed by atoms with Gasteiger partial charge in [-0.25, -0.2) is 0 Å². The summed E-state index contributed by atoms with van der Waals surface area (Å²) in [5.41, 5.74) is -0.0160. The second-order valence-corrected chi connectivity index (χ2v) is 2.59. The summed E-state index contributed by atoms with van der Waals surface area (Å²) in [6.45, 7) is 1.69. The van der Waals surface area contributed by atoms with Gasteiger partial charge < -0.3 is 4.74 Å². The summed E-state index contributed by atoms with van der Waals surface area (Å²) in [4.78, 5) is 10.0. The van der Waals surface area contributed by atoms with Gasteiger partial charge in [0.25, 0.3) is 0 Å². The number of rotatable bonds is 4. The largest absolute Gasteiger partial charge is 0.471 e. The average molecular weight is 223 g/mol. The second kappa shape index (κ2) is 8.20. The molecule has 16 heavy (non-hydrogen) atoms. The Kier molecular flexibility index (Phi) is 7.11. The number of nitro benzene ring substituents is 1. The van der Waals surface area contributed by atoms with Gasteiger partial charge in [-0.1, -0.05) is 12.1 Å². The molecule has 0 aliphatic carbocycles. The van der Waals surface area contributed by atoms with Crippen LogP contribution in [-0.4, -0.2) is 18.7 Å². The van der Waals surface area contributed by atoms with Crippen LogP contribution >= 0.6 is 0 Å². The number of ether oxygens (including phenoxy) is 1. The van der Waals surface area contributed by atoms with Crippen LogP contribution in [0, 0.1) is 21.4 Å². The minimum absolute atomic E-state index is 0.0160. The SMILES string of the molecule is CC#N.CNCOc1ccccc1[N+](=O)[O-]. The molecule has 0 fully saturated rings. The van der Waals surface area contributed by atoms with Gasteiger partial charge in [-0.3, -0.25) is 15.4 Å². The molecule has 0 aliphatic heterocycles. The van der Waals surface area contributed by atoms with E-state index >= 15 is 0 Å². The van der Waals surface area contributed by atoms with E-state index in [-0.39, 0.29) is 18.2 Å². The molecule has 1 N–H and O–H groups in total. The van der Waals surface area contributed by atoms with Crippen molar-refractivity contribution in [1.29, 1.82) is 5.26 Å². The fourth-order valence-electron chi connectivity index (χ4n) is 0.880. The van der Waals surface area contributed by atoms with Gasteiger partial charge in [0.2, 0.25) is 0 Å². The van der Waals surface area contributed by atoms with Crippen LogP contribution < -0.4 is 10.1 Å². The van der Waals surface area contributed by atoms with Crippen molar-refractivity contribution in [3.63, 3.8) is 0 Å². The predicted octanol–water partition coefficient (Wildman–Crippen LogP) is 1.68. The van der Waals surface area contributed by atoms with Crippen molar-refractivity contribution in [2.24, 2.45) is 0 Å². The van der Waals surface area contributed by atoms with Crippen LogP contribution in [0.1, 0.15) is 6.92 Å². The molecule has 1 rings (SSSR count). The lowest BCUT2D eigenvalue weighted by atomic mass is 10.3. The van der Waals surface area contributed by atoms with Crippen molar-refractivity contribution < 1.29 is 9.66 Å². The number of nitriles is 1. The maximum Gasteiger partial charge on any atom is 0.310 e. The minimum Gasteiger partial charge on any atom is -0.471 e. The third-order valence-corrected chi connectivity index (χ3v) is 1.43. The molecule has 1 aromatic carbocycles. The molecule has 86 valence electrons. The predicted molar refractivity (Wildman–Crippen MR) is 58.9 cm³/mol. The van der Waals surface area contributed by atoms with Gasteiger partial charge >= 0.3 is 5.69 Å². The molecule has 0 radical (unpaired) electrons. The Hall–Kier alpha value is -2.13. The van der Waals surface area contributed by atoms with Crippen LogP contribution in [0.5, 0.6) is 5.75 Å². The van der Waals surface area contributed by atoms with Crippen LogP contribution in [0.25, 0.3) is 0 Å². The summed E-state index contributed by atoms with van der Waals surface area (Å²) in [6, 6.07) is 8.02. The van der Waals surface area contributed by atoms with Gasteiger partial charge in [-0.15, -0.1) is 0 Å². The molecule has 0 saturated carbocycles. The van der Waals surface area contributed by atoms with Crippen molar-refractivity contribution in [2.45, 2.75) is 6.92 Å². The van der Waals surface area contributed by atoms with Gasteiger partial charge in [0.05, 0.1) is 11.0 Å². The topological polar surface area (TPSA) is 88.2 Å². The highest BCUT2D eigenvalue weighted by molar-refractivity contribution is 5.45. The Balaban J connectivity index is 0.000000673. The molecule has 0 heterocycles. The lowest BCUT2D eigenvalue weighted by Gasteiger charge is -2.04. The van der Waals surface area contributed by atoms with Crippen LogP contribution in [0.15, 0.2) is 24.3 Å². The first kappa shape index (κ1) is 13.9. The van der Waals surface area contributed by atoms with E-state index in [0.717, 1.165) is 0 Å². The van der Waals surface area contributed by atoms with Crippen molar-refractivity contribution in [3.05, 3.63) is 34.4 Å². The molecule has 0 unspecified atom stereocenters. The molecule has 6 nitrogen and oxygen atoms in total. The third kappa shape index (κ3) is 4.93. The number of nitrogens with zero attached hydrogens (tertiary/aromatic N) is 2. The highest BCUT2D eigenvalue weighted by Crippen LogP contribution is 2.25. The maximum absolute atomic E-state index is 10.5. The average Bonchev–Trinajstić information content (AvgIpc) is 2.27. The fourth-order valence-corrected chi connectivity index (χ4v) is 0.880. The third-order valence-electron chi connectivity index (χ3n) is 1.43. The van der Waals surface area contributed by atoms with E-state index < -0.39 is 4.92 Å². The Bertz CT molecular complexity index is 374. The van der Waals surface area contributed by atoms with Gasteiger partial charge in [0.1, 0.15) is 6.73 Å². The van der Waals surface area contributed by atoms with Gasteiger partial charge in [0, 0.05) is 13.0 Å². The van der Waals surface area contributed by atoms with Crippen LogP contribution in [0.2, 0.25) is 0 Å². The minimum atomic E-state index is -0.467. The van der Waals surface area contributed by atoms with Crippen LogP contribution in [0.3, 0.4) is 0 Å². The van der Waals surface area contributed by atoms with Crippen molar-refractivity contribution in [1.82, 2.24) is 5.32 Å². The zero-order valence-corrected chi connectivity index (χ0v) is 9.14. The molecular weight excluding hydrogens is 210 g/mol. The van der Waals surface area contributed by atoms with E-state index in [1.165, 1.54) is 13.0 Å². The molecular formula is C10H13N3O3. The maximum atomic E-state index is 10.5. The van der Waals surface area contributed by atoms with E-state index in [4.69, 9.17) is 10.00 Å². The van der Waals surface area contributed by atoms with Crippen LogP contribution in [-0.2, 0) is 0 Å². The Morgan fingerprint density at radius 1 is 1.56 bits per heavy atom. The number of hydrogen-bond acceptors (Lipinski definition) is 5. The molecule has 1 aromatic rings. The zero-order valence-electron chi connectivity index (χ0n) is 9.14. The van der Waals surface area contributed by atoms with Crippen molar-refractivity contribution in [2.75, 3.05) is 13.8 Å². The van der Waals surface area contributed by atoms with Crippen LogP contribution in [0.4, 0.5) is 5.69 Å². The Morgan fingerprint density at radius 2 is 2.12 bits per heavy atom. The number of nitrogens with one attached hydrogen (secondary N) is 1. The fraction of sp³-hybridized carbons (Fsp3) is 0.300. The molecule has 0 aliphatic rings. The van der Waals surface area contributed by atoms with E-state index in [1.54, 1.807) is 31.3 Å². The lowest BCUT2D eigenvalue weighted by molar-refractivity contribution is -0.385. The Morgan fingerprint density at radius 3 is 2.62 bits per heavy atom. The summed E-state index contributed by atoms with van der Waals surface area (Å²) < 4.78 is 5.09. The number of hydrogen-bond donors (Lipinski definition) is 1. The normalized spacial score (nSPS) is 8.31. The molecule has 0 bridgehead atoms. The summed E-state index contributed by atoms with van der Waals surface area (Å²) in [6.07, 6.45) is 0. The van der Waals surface area contributed by atoms with E-state index in [1.807, 2.05) is 0 Å². The zero-order chi connectivity index (χ0) is 12.4. The number of para-hydroxylation sites is 2. The molecule has 6 heteroatoms. The van der Waals surface area contributed by atoms with E-state index in [2.05, 4.69) is 5.32 Å². The summed E-state index contributed by atoms with van der Waals surface area (Å²) >= 11 is 0. The smallest absolute Gasteiger partial charge is 0.310 e. The first-order valence-electron chi connectivity index (χ1n) is 4.49. The van der Waals surface area contributed by atoms with Crippen molar-refractivity contribution in [3.8, 4) is 11.8 Å².